The number of rotatable bonds is 11. The molecule has 226 valence electrons. The van der Waals surface area contributed by atoms with E-state index >= 15 is 0 Å². The number of aliphatic carboxylic acids is 1. The minimum Gasteiger partial charge on any atom is -0.481 e. The van der Waals surface area contributed by atoms with Crippen molar-refractivity contribution < 1.29 is 29.0 Å². The fourth-order valence-electron chi connectivity index (χ4n) is 5.56. The number of hydrogen-bond acceptors (Lipinski definition) is 5. The van der Waals surface area contributed by atoms with Crippen LogP contribution in [0.1, 0.15) is 37.7 Å². The molecule has 1 saturated carbocycles. The van der Waals surface area contributed by atoms with E-state index in [2.05, 4.69) is 10.6 Å². The zero-order valence-corrected chi connectivity index (χ0v) is 24.6. The molecule has 1 unspecified atom stereocenters. The first-order valence-corrected chi connectivity index (χ1v) is 14.5. The predicted octanol–water partition coefficient (Wildman–Crippen LogP) is 4.97. The molecule has 3 aromatic rings. The Morgan fingerprint density at radius 3 is 2.35 bits per heavy atom. The first-order valence-electron chi connectivity index (χ1n) is 14.5. The number of quaternary nitrogens is 1. The quantitative estimate of drug-likeness (QED) is 0.272. The number of nitrogens with one attached hydrogen (secondary N) is 2. The van der Waals surface area contributed by atoms with Gasteiger partial charge < -0.3 is 25.4 Å². The molecule has 1 atom stereocenters. The minimum atomic E-state index is -0.969. The van der Waals surface area contributed by atoms with E-state index in [4.69, 9.17) is 9.84 Å². The average Bonchev–Trinajstić information content (AvgIpc) is 3.02. The highest BCUT2D eigenvalue weighted by molar-refractivity contribution is 5.97. The fourth-order valence-corrected chi connectivity index (χ4v) is 5.56. The van der Waals surface area contributed by atoms with Crippen LogP contribution in [0.5, 0.6) is 5.75 Å². The van der Waals surface area contributed by atoms with Crippen LogP contribution in [0.4, 0.5) is 21.9 Å². The summed E-state index contributed by atoms with van der Waals surface area (Å²) in [5.41, 5.74) is 2.36. The molecule has 1 fully saturated rings. The highest BCUT2D eigenvalue weighted by Crippen LogP contribution is 2.39. The van der Waals surface area contributed by atoms with Crippen LogP contribution in [-0.2, 0) is 20.8 Å². The number of carbonyl (C=O) groups excluding carboxylic acids is 3. The van der Waals surface area contributed by atoms with Gasteiger partial charge in [0.25, 0.3) is 5.91 Å². The third kappa shape index (κ3) is 7.98. The molecular formula is C33H39N4O6+. The smallest absolute Gasteiger partial charge is 0.338 e. The van der Waals surface area contributed by atoms with Gasteiger partial charge in [0.2, 0.25) is 0 Å². The zero-order valence-electron chi connectivity index (χ0n) is 24.6. The lowest BCUT2D eigenvalue weighted by atomic mass is 9.91. The Labute approximate surface area is 251 Å². The van der Waals surface area contributed by atoms with Crippen LogP contribution in [0.2, 0.25) is 0 Å². The Morgan fingerprint density at radius 1 is 0.930 bits per heavy atom. The van der Waals surface area contributed by atoms with Crippen LogP contribution in [0.3, 0.4) is 0 Å². The molecular weight excluding hydrogens is 548 g/mol. The van der Waals surface area contributed by atoms with Crippen molar-refractivity contribution in [1.29, 1.82) is 0 Å². The van der Waals surface area contributed by atoms with Crippen LogP contribution >= 0.6 is 0 Å². The number of amides is 4. The summed E-state index contributed by atoms with van der Waals surface area (Å²) in [5.74, 6) is -0.974. The standard InChI is InChI=1S/C33H38N4O6/c1-36(26-14-5-3-6-15-26)30(38)23-43-29-19-10-9-18-28(29)37(2,27-16-7-4-8-17-27)31(39)22-34-33(42)35-25-13-11-12-24(20-25)21-32(40)41/h3,5-6,9-15,18-20,27H,4,7-8,16-17,21-23H2,1-2H3,(H2-,34,35,40,41,42)/p+1. The van der Waals surface area contributed by atoms with Crippen molar-refractivity contribution in [2.75, 3.05) is 37.5 Å². The summed E-state index contributed by atoms with van der Waals surface area (Å²) in [5, 5.41) is 14.4. The van der Waals surface area contributed by atoms with Crippen LogP contribution in [0.25, 0.3) is 0 Å². The second-order valence-corrected chi connectivity index (χ2v) is 10.9. The molecule has 0 heterocycles. The Morgan fingerprint density at radius 2 is 1.63 bits per heavy atom. The van der Waals surface area contributed by atoms with Crippen LogP contribution in [0.15, 0.2) is 78.9 Å². The second-order valence-electron chi connectivity index (χ2n) is 10.9. The molecule has 3 N–H and O–H groups in total. The number of nitrogens with zero attached hydrogens (tertiary/aromatic N) is 2. The lowest BCUT2D eigenvalue weighted by Gasteiger charge is -2.41. The Hall–Kier alpha value is -4.70. The van der Waals surface area contributed by atoms with Gasteiger partial charge in [-0.2, -0.15) is 0 Å². The lowest BCUT2D eigenvalue weighted by Crippen LogP contribution is -2.61. The summed E-state index contributed by atoms with van der Waals surface area (Å²) in [4.78, 5) is 52.3. The third-order valence-electron chi connectivity index (χ3n) is 8.00. The van der Waals surface area contributed by atoms with E-state index in [0.717, 1.165) is 37.8 Å². The number of carbonyl (C=O) groups is 4. The van der Waals surface area contributed by atoms with E-state index in [0.29, 0.717) is 22.7 Å². The summed E-state index contributed by atoms with van der Waals surface area (Å²) in [6, 6.07) is 22.5. The molecule has 4 rings (SSSR count). The molecule has 43 heavy (non-hydrogen) atoms. The van der Waals surface area contributed by atoms with Gasteiger partial charge in [-0.3, -0.25) is 9.59 Å². The number of benzene rings is 3. The van der Waals surface area contributed by atoms with E-state index in [1.165, 1.54) is 4.90 Å². The molecule has 0 spiro atoms. The molecule has 10 heteroatoms. The van der Waals surface area contributed by atoms with Crippen molar-refractivity contribution in [1.82, 2.24) is 9.80 Å². The SMILES string of the molecule is CN(C(=O)COc1ccccc1[N+](C)(C(=O)CNC(=O)Nc1cccc(CC(=O)O)c1)C1CCCCC1)c1ccccc1. The number of carboxylic acid groups (broad SMARTS) is 1. The van der Waals surface area contributed by atoms with Crippen molar-refractivity contribution in [3.63, 3.8) is 0 Å². The van der Waals surface area contributed by atoms with Gasteiger partial charge in [0.05, 0.1) is 13.5 Å². The van der Waals surface area contributed by atoms with E-state index in [9.17, 15) is 19.2 Å². The number of likely N-dealkylation sites (N-methyl/N-ethyl adjacent to an activating group) is 2. The molecule has 1 aliphatic rings. The van der Waals surface area contributed by atoms with Crippen LogP contribution < -0.4 is 24.8 Å². The molecule has 1 aliphatic carbocycles. The van der Waals surface area contributed by atoms with E-state index in [-0.39, 0.29) is 41.9 Å². The summed E-state index contributed by atoms with van der Waals surface area (Å²) >= 11 is 0. The van der Waals surface area contributed by atoms with Gasteiger partial charge in [-0.15, -0.1) is 0 Å². The third-order valence-corrected chi connectivity index (χ3v) is 8.00. The van der Waals surface area contributed by atoms with E-state index in [1.807, 2.05) is 55.6 Å². The zero-order chi connectivity index (χ0) is 30.8. The van der Waals surface area contributed by atoms with Crippen molar-refractivity contribution in [2.45, 2.75) is 44.6 Å². The Bertz CT molecular complexity index is 1440. The molecule has 4 amide bonds. The number of para-hydroxylation sites is 3. The maximum absolute atomic E-state index is 14.0. The number of anilines is 2. The molecule has 10 nitrogen and oxygen atoms in total. The number of carboxylic acids is 1. The molecule has 0 bridgehead atoms. The largest absolute Gasteiger partial charge is 0.481 e. The number of urea groups is 1. The molecule has 0 aromatic heterocycles. The average molecular weight is 588 g/mol. The van der Waals surface area contributed by atoms with Gasteiger partial charge in [-0.05, 0) is 48.7 Å². The normalized spacial score (nSPS) is 14.7. The van der Waals surface area contributed by atoms with E-state index in [1.54, 1.807) is 37.4 Å². The Balaban J connectivity index is 1.49. The number of hydrogen-bond donors (Lipinski definition) is 3. The molecule has 3 aromatic carbocycles. The number of ether oxygens (including phenoxy) is 1. The van der Waals surface area contributed by atoms with Gasteiger partial charge in [0.1, 0.15) is 12.6 Å². The van der Waals surface area contributed by atoms with Gasteiger partial charge in [0, 0.05) is 37.3 Å². The second kappa shape index (κ2) is 14.5. The first kappa shape index (κ1) is 31.2. The van der Waals surface area contributed by atoms with Crippen molar-refractivity contribution in [2.24, 2.45) is 0 Å². The van der Waals surface area contributed by atoms with E-state index < -0.39 is 12.0 Å². The van der Waals surface area contributed by atoms with Crippen LogP contribution in [0, 0.1) is 0 Å². The van der Waals surface area contributed by atoms with Gasteiger partial charge >= 0.3 is 17.9 Å². The minimum absolute atomic E-state index is 0.0220. The molecule has 0 saturated heterocycles. The summed E-state index contributed by atoms with van der Waals surface area (Å²) in [6.45, 7) is -0.444. The topological polar surface area (TPSA) is 125 Å². The summed E-state index contributed by atoms with van der Waals surface area (Å²) < 4.78 is 6.00. The summed E-state index contributed by atoms with van der Waals surface area (Å²) in [7, 11) is 3.55. The Kier molecular flexibility index (Phi) is 10.5. The van der Waals surface area contributed by atoms with Crippen molar-refractivity contribution in [3.05, 3.63) is 84.4 Å². The van der Waals surface area contributed by atoms with Crippen molar-refractivity contribution >= 4 is 40.9 Å². The fraction of sp³-hybridized carbons (Fsp3) is 0.333. The highest BCUT2D eigenvalue weighted by atomic mass is 16.5. The maximum Gasteiger partial charge on any atom is 0.338 e. The maximum atomic E-state index is 14.0. The molecule has 0 aliphatic heterocycles. The van der Waals surface area contributed by atoms with Crippen LogP contribution in [-0.4, -0.2) is 62.2 Å². The highest BCUT2D eigenvalue weighted by Gasteiger charge is 2.44. The van der Waals surface area contributed by atoms with Gasteiger partial charge in [-0.25, -0.2) is 14.1 Å². The monoisotopic (exact) mass is 587 g/mol. The lowest BCUT2D eigenvalue weighted by molar-refractivity contribution is -0.136. The molecule has 0 radical (unpaired) electrons. The first-order chi connectivity index (χ1) is 20.7. The summed E-state index contributed by atoms with van der Waals surface area (Å²) in [6.07, 6.45) is 4.61. The van der Waals surface area contributed by atoms with Gasteiger partial charge in [-0.1, -0.05) is 48.9 Å². The van der Waals surface area contributed by atoms with Gasteiger partial charge in [0.15, 0.2) is 18.0 Å². The predicted molar refractivity (Wildman–Crippen MR) is 166 cm³/mol. The van der Waals surface area contributed by atoms with Crippen molar-refractivity contribution in [3.8, 4) is 5.75 Å².